The Kier molecular flexibility index (Phi) is 5.93. The molecule has 0 fully saturated rings. The molecule has 1 aromatic carbocycles. The van der Waals surface area contributed by atoms with Gasteiger partial charge in [-0.15, -0.1) is 0 Å². The Balaban J connectivity index is 3.25. The fraction of sp³-hybridized carbons (Fsp3) is 0.471. The summed E-state index contributed by atoms with van der Waals surface area (Å²) in [6.45, 7) is 6.06. The number of ether oxygens (including phenoxy) is 1. The Labute approximate surface area is 126 Å². The molecule has 0 spiro atoms. The van der Waals surface area contributed by atoms with Gasteiger partial charge in [-0.05, 0) is 30.4 Å². The summed E-state index contributed by atoms with van der Waals surface area (Å²) >= 11 is 0. The van der Waals surface area contributed by atoms with Crippen molar-refractivity contribution in [1.82, 2.24) is 0 Å². The van der Waals surface area contributed by atoms with E-state index < -0.39 is 11.4 Å². The second-order valence-electron chi connectivity index (χ2n) is 5.17. The highest BCUT2D eigenvalue weighted by Gasteiger charge is 2.42. The molecular formula is C17H20N2O2. The summed E-state index contributed by atoms with van der Waals surface area (Å²) < 4.78 is 5.06. The maximum absolute atomic E-state index is 12.3. The summed E-state index contributed by atoms with van der Waals surface area (Å²) in [5.41, 5.74) is 0.319. The molecule has 1 rings (SSSR count). The first-order valence-electron chi connectivity index (χ1n) is 7.07. The first kappa shape index (κ1) is 16.7. The molecule has 0 N–H and O–H groups in total. The number of hydrogen-bond donors (Lipinski definition) is 0. The van der Waals surface area contributed by atoms with E-state index in [4.69, 9.17) is 10.00 Å². The standard InChI is InChI=1S/C17H20N2O2/c1-4-21-16(20)17(12-19,10-5-11-18)15-8-6-14(7-9-15)13(2)3/h6-9,13H,4-5,10H2,1-3H3/t17-/m0/s1. The predicted molar refractivity (Wildman–Crippen MR) is 79.3 cm³/mol. The number of rotatable bonds is 6. The zero-order chi connectivity index (χ0) is 15.9. The molecule has 0 aliphatic rings. The number of hydrogen-bond acceptors (Lipinski definition) is 4. The molecule has 0 heterocycles. The molecule has 0 unspecified atom stereocenters. The third kappa shape index (κ3) is 3.61. The van der Waals surface area contributed by atoms with Crippen LogP contribution in [-0.4, -0.2) is 12.6 Å². The molecule has 1 aromatic rings. The lowest BCUT2D eigenvalue weighted by atomic mass is 9.77. The number of carbonyl (C=O) groups is 1. The summed E-state index contributed by atoms with van der Waals surface area (Å²) in [5, 5.41) is 18.4. The number of nitrogens with zero attached hydrogens (tertiary/aromatic N) is 2. The second kappa shape index (κ2) is 7.45. The largest absolute Gasteiger partial charge is 0.465 e. The molecule has 0 radical (unpaired) electrons. The first-order valence-corrected chi connectivity index (χ1v) is 7.07. The fourth-order valence-corrected chi connectivity index (χ4v) is 2.18. The molecule has 0 aromatic heterocycles. The molecule has 0 saturated heterocycles. The Morgan fingerprint density at radius 2 is 1.90 bits per heavy atom. The number of nitriles is 2. The van der Waals surface area contributed by atoms with Crippen LogP contribution in [-0.2, 0) is 14.9 Å². The van der Waals surface area contributed by atoms with Crippen LogP contribution in [0.1, 0.15) is 50.7 Å². The summed E-state index contributed by atoms with van der Waals surface area (Å²) in [6.07, 6.45) is 0.262. The minimum Gasteiger partial charge on any atom is -0.465 e. The van der Waals surface area contributed by atoms with Gasteiger partial charge in [0.1, 0.15) is 0 Å². The third-order valence-electron chi connectivity index (χ3n) is 3.50. The zero-order valence-corrected chi connectivity index (χ0v) is 12.7. The predicted octanol–water partition coefficient (Wildman–Crippen LogP) is 3.44. The van der Waals surface area contributed by atoms with E-state index in [9.17, 15) is 10.1 Å². The van der Waals surface area contributed by atoms with Crippen molar-refractivity contribution in [3.8, 4) is 12.1 Å². The molecular weight excluding hydrogens is 264 g/mol. The molecule has 1 atom stereocenters. The summed E-state index contributed by atoms with van der Waals surface area (Å²) in [6, 6.07) is 11.5. The normalized spacial score (nSPS) is 13.0. The van der Waals surface area contributed by atoms with Gasteiger partial charge in [-0.2, -0.15) is 10.5 Å². The zero-order valence-electron chi connectivity index (χ0n) is 12.7. The van der Waals surface area contributed by atoms with E-state index in [1.165, 1.54) is 0 Å². The maximum atomic E-state index is 12.3. The Morgan fingerprint density at radius 3 is 2.33 bits per heavy atom. The average molecular weight is 284 g/mol. The summed E-state index contributed by atoms with van der Waals surface area (Å²) in [4.78, 5) is 12.3. The van der Waals surface area contributed by atoms with Crippen molar-refractivity contribution in [2.75, 3.05) is 6.61 Å². The molecule has 0 amide bonds. The van der Waals surface area contributed by atoms with E-state index in [1.807, 2.05) is 18.2 Å². The molecule has 4 heteroatoms. The van der Waals surface area contributed by atoms with Crippen LogP contribution in [0.15, 0.2) is 24.3 Å². The summed E-state index contributed by atoms with van der Waals surface area (Å²) in [5.74, 6) is -0.211. The van der Waals surface area contributed by atoms with Gasteiger partial charge in [0.15, 0.2) is 5.41 Å². The van der Waals surface area contributed by atoms with Crippen LogP contribution in [0, 0.1) is 22.7 Å². The molecule has 0 aliphatic heterocycles. The SMILES string of the molecule is CCOC(=O)[C@](C#N)(CCC#N)c1ccc(C(C)C)cc1. The van der Waals surface area contributed by atoms with Crippen LogP contribution in [0.25, 0.3) is 0 Å². The molecule has 4 nitrogen and oxygen atoms in total. The van der Waals surface area contributed by atoms with Crippen molar-refractivity contribution in [3.05, 3.63) is 35.4 Å². The van der Waals surface area contributed by atoms with E-state index in [2.05, 4.69) is 19.9 Å². The third-order valence-corrected chi connectivity index (χ3v) is 3.50. The van der Waals surface area contributed by atoms with Crippen molar-refractivity contribution >= 4 is 5.97 Å². The van der Waals surface area contributed by atoms with E-state index in [-0.39, 0.29) is 19.4 Å². The van der Waals surface area contributed by atoms with E-state index in [0.717, 1.165) is 5.56 Å². The van der Waals surface area contributed by atoms with Gasteiger partial charge in [-0.25, -0.2) is 4.79 Å². The highest BCUT2D eigenvalue weighted by atomic mass is 16.5. The lowest BCUT2D eigenvalue weighted by Crippen LogP contribution is -2.36. The van der Waals surface area contributed by atoms with Crippen molar-refractivity contribution < 1.29 is 9.53 Å². The van der Waals surface area contributed by atoms with Crippen LogP contribution >= 0.6 is 0 Å². The minimum atomic E-state index is -1.40. The quantitative estimate of drug-likeness (QED) is 0.750. The number of carbonyl (C=O) groups excluding carboxylic acids is 1. The molecule has 0 saturated carbocycles. The minimum absolute atomic E-state index is 0.123. The number of benzene rings is 1. The molecule has 0 aliphatic carbocycles. The Morgan fingerprint density at radius 1 is 1.29 bits per heavy atom. The van der Waals surface area contributed by atoms with Crippen LogP contribution < -0.4 is 0 Å². The fourth-order valence-electron chi connectivity index (χ4n) is 2.18. The first-order chi connectivity index (χ1) is 10.0. The van der Waals surface area contributed by atoms with E-state index >= 15 is 0 Å². The highest BCUT2D eigenvalue weighted by molar-refractivity contribution is 5.86. The van der Waals surface area contributed by atoms with Gasteiger partial charge in [0.25, 0.3) is 0 Å². The smallest absolute Gasteiger partial charge is 0.331 e. The molecule has 21 heavy (non-hydrogen) atoms. The second-order valence-corrected chi connectivity index (χ2v) is 5.17. The lowest BCUT2D eigenvalue weighted by molar-refractivity contribution is -0.148. The lowest BCUT2D eigenvalue weighted by Gasteiger charge is -2.24. The van der Waals surface area contributed by atoms with Gasteiger partial charge in [-0.3, -0.25) is 0 Å². The monoisotopic (exact) mass is 284 g/mol. The average Bonchev–Trinajstić information content (AvgIpc) is 2.49. The van der Waals surface area contributed by atoms with E-state index in [0.29, 0.717) is 11.5 Å². The van der Waals surface area contributed by atoms with Gasteiger partial charge in [0.2, 0.25) is 0 Å². The van der Waals surface area contributed by atoms with Crippen LogP contribution in [0.4, 0.5) is 0 Å². The Bertz CT molecular complexity index is 564. The van der Waals surface area contributed by atoms with Crippen molar-refractivity contribution in [2.45, 2.75) is 44.9 Å². The van der Waals surface area contributed by atoms with Crippen LogP contribution in [0.3, 0.4) is 0 Å². The van der Waals surface area contributed by atoms with Crippen molar-refractivity contribution in [2.24, 2.45) is 0 Å². The van der Waals surface area contributed by atoms with Crippen molar-refractivity contribution in [1.29, 1.82) is 10.5 Å². The highest BCUT2D eigenvalue weighted by Crippen LogP contribution is 2.31. The topological polar surface area (TPSA) is 73.9 Å². The van der Waals surface area contributed by atoms with E-state index in [1.54, 1.807) is 19.1 Å². The van der Waals surface area contributed by atoms with Gasteiger partial charge >= 0.3 is 5.97 Å². The van der Waals surface area contributed by atoms with Crippen LogP contribution in [0.2, 0.25) is 0 Å². The maximum Gasteiger partial charge on any atom is 0.331 e. The molecule has 110 valence electrons. The summed E-state index contributed by atoms with van der Waals surface area (Å²) in [7, 11) is 0. The van der Waals surface area contributed by atoms with Crippen LogP contribution in [0.5, 0.6) is 0 Å². The Hall–Kier alpha value is -2.33. The van der Waals surface area contributed by atoms with Crippen molar-refractivity contribution in [3.63, 3.8) is 0 Å². The number of esters is 1. The van der Waals surface area contributed by atoms with Gasteiger partial charge < -0.3 is 4.74 Å². The van der Waals surface area contributed by atoms with Gasteiger partial charge in [0, 0.05) is 6.42 Å². The van der Waals surface area contributed by atoms with Gasteiger partial charge in [0.05, 0.1) is 18.7 Å². The van der Waals surface area contributed by atoms with Gasteiger partial charge in [-0.1, -0.05) is 38.1 Å². The molecule has 0 bridgehead atoms.